The maximum atomic E-state index is 10.4. The molecule has 0 saturated heterocycles. The van der Waals surface area contributed by atoms with Crippen molar-refractivity contribution in [2.24, 2.45) is 0 Å². The fourth-order valence-corrected chi connectivity index (χ4v) is 1.65. The van der Waals surface area contributed by atoms with Crippen LogP contribution in [0, 0.1) is 0 Å². The average Bonchev–Trinajstić information content (AvgIpc) is 2.36. The van der Waals surface area contributed by atoms with E-state index in [0.29, 0.717) is 5.03 Å². The van der Waals surface area contributed by atoms with Crippen molar-refractivity contribution in [2.75, 3.05) is 0 Å². The van der Waals surface area contributed by atoms with Crippen LogP contribution in [0.15, 0.2) is 59.7 Å². The molecule has 94 valence electrons. The topological polar surface area (TPSA) is 37.3 Å². The number of rotatable bonds is 4. The first kappa shape index (κ1) is 14.3. The first-order chi connectivity index (χ1) is 8.50. The normalized spacial score (nSPS) is 13.6. The minimum Gasteiger partial charge on any atom is -0.478 e. The lowest BCUT2D eigenvalue weighted by Crippen LogP contribution is -1.86. The Kier molecular flexibility index (Phi) is 5.40. The van der Waals surface area contributed by atoms with E-state index in [1.807, 2.05) is 50.3 Å². The molecule has 0 fully saturated rings. The summed E-state index contributed by atoms with van der Waals surface area (Å²) in [6.45, 7) is 3.73. The third kappa shape index (κ3) is 4.60. The second-order valence-corrected chi connectivity index (χ2v) is 4.30. The lowest BCUT2D eigenvalue weighted by molar-refractivity contribution is -0.131. The lowest BCUT2D eigenvalue weighted by atomic mass is 10.1. The Morgan fingerprint density at radius 1 is 1.17 bits per heavy atom. The SMILES string of the molecule is CC(/C=C\C(=O)O)=C\C(C)=C(\Cl)c1ccccc1. The zero-order chi connectivity index (χ0) is 13.5. The Morgan fingerprint density at radius 2 is 1.78 bits per heavy atom. The van der Waals surface area contributed by atoms with Gasteiger partial charge in [-0.05, 0) is 25.0 Å². The highest BCUT2D eigenvalue weighted by Gasteiger charge is 2.00. The molecule has 1 aromatic carbocycles. The Hall–Kier alpha value is -1.80. The number of carboxylic acids is 1. The van der Waals surface area contributed by atoms with Crippen LogP contribution in [0.5, 0.6) is 0 Å². The van der Waals surface area contributed by atoms with Gasteiger partial charge in [0, 0.05) is 6.08 Å². The van der Waals surface area contributed by atoms with Crippen LogP contribution in [0.4, 0.5) is 0 Å². The standard InChI is InChI=1S/C15H15ClO2/c1-11(8-9-14(17)18)10-12(2)15(16)13-6-4-3-5-7-13/h3-10H,1-2H3,(H,17,18)/b9-8-,11-10+,15-12+. The van der Waals surface area contributed by atoms with Crippen LogP contribution in [-0.4, -0.2) is 11.1 Å². The molecule has 0 aliphatic rings. The van der Waals surface area contributed by atoms with Gasteiger partial charge in [-0.15, -0.1) is 0 Å². The Balaban J connectivity index is 2.96. The minimum absolute atomic E-state index is 0.665. The first-order valence-electron chi connectivity index (χ1n) is 5.52. The number of allylic oxidation sites excluding steroid dienone is 4. The van der Waals surface area contributed by atoms with Gasteiger partial charge in [-0.1, -0.05) is 59.7 Å². The van der Waals surface area contributed by atoms with Crippen LogP contribution >= 0.6 is 11.6 Å². The molecule has 1 N–H and O–H groups in total. The van der Waals surface area contributed by atoms with Gasteiger partial charge < -0.3 is 5.11 Å². The van der Waals surface area contributed by atoms with E-state index in [-0.39, 0.29) is 0 Å². The number of carbonyl (C=O) groups is 1. The molecule has 0 bridgehead atoms. The highest BCUT2D eigenvalue weighted by atomic mass is 35.5. The molecule has 18 heavy (non-hydrogen) atoms. The lowest BCUT2D eigenvalue weighted by Gasteiger charge is -2.02. The molecule has 0 radical (unpaired) electrons. The fraction of sp³-hybridized carbons (Fsp3) is 0.133. The predicted molar refractivity (Wildman–Crippen MR) is 75.4 cm³/mol. The third-order valence-electron chi connectivity index (χ3n) is 2.31. The second-order valence-electron chi connectivity index (χ2n) is 3.92. The van der Waals surface area contributed by atoms with Crippen molar-refractivity contribution in [3.63, 3.8) is 0 Å². The zero-order valence-corrected chi connectivity index (χ0v) is 11.1. The minimum atomic E-state index is -0.960. The van der Waals surface area contributed by atoms with Crippen LogP contribution in [-0.2, 0) is 4.79 Å². The number of benzene rings is 1. The summed E-state index contributed by atoms with van der Waals surface area (Å²) >= 11 is 6.26. The van der Waals surface area contributed by atoms with Gasteiger partial charge in [0.2, 0.25) is 0 Å². The Bertz CT molecular complexity index is 511. The number of halogens is 1. The van der Waals surface area contributed by atoms with E-state index in [1.54, 1.807) is 6.08 Å². The maximum Gasteiger partial charge on any atom is 0.328 e. The number of hydrogen-bond donors (Lipinski definition) is 1. The summed E-state index contributed by atoms with van der Waals surface area (Å²) < 4.78 is 0. The molecular weight excluding hydrogens is 248 g/mol. The average molecular weight is 263 g/mol. The van der Waals surface area contributed by atoms with E-state index in [1.165, 1.54) is 0 Å². The molecule has 3 heteroatoms. The van der Waals surface area contributed by atoms with Gasteiger partial charge in [0.25, 0.3) is 0 Å². The van der Waals surface area contributed by atoms with Crippen LogP contribution in [0.3, 0.4) is 0 Å². The number of hydrogen-bond acceptors (Lipinski definition) is 1. The van der Waals surface area contributed by atoms with Crippen LogP contribution in [0.2, 0.25) is 0 Å². The van der Waals surface area contributed by atoms with Crippen LogP contribution < -0.4 is 0 Å². The van der Waals surface area contributed by atoms with Crippen molar-refractivity contribution < 1.29 is 9.90 Å². The van der Waals surface area contributed by atoms with Crippen molar-refractivity contribution in [3.8, 4) is 0 Å². The van der Waals surface area contributed by atoms with Crippen molar-refractivity contribution in [3.05, 3.63) is 65.3 Å². The molecule has 0 heterocycles. The Morgan fingerprint density at radius 3 is 2.33 bits per heavy atom. The molecule has 0 spiro atoms. The summed E-state index contributed by atoms with van der Waals surface area (Å²) in [5.74, 6) is -0.960. The molecule has 0 unspecified atom stereocenters. The van der Waals surface area contributed by atoms with E-state index in [4.69, 9.17) is 16.7 Å². The molecular formula is C15H15ClO2. The smallest absolute Gasteiger partial charge is 0.328 e. The van der Waals surface area contributed by atoms with Gasteiger partial charge in [0.15, 0.2) is 0 Å². The monoisotopic (exact) mass is 262 g/mol. The molecule has 2 nitrogen and oxygen atoms in total. The van der Waals surface area contributed by atoms with Gasteiger partial charge in [0.05, 0.1) is 5.03 Å². The molecule has 0 atom stereocenters. The quantitative estimate of drug-likeness (QED) is 0.651. The predicted octanol–water partition coefficient (Wildman–Crippen LogP) is 4.24. The zero-order valence-electron chi connectivity index (χ0n) is 10.4. The largest absolute Gasteiger partial charge is 0.478 e. The van der Waals surface area contributed by atoms with E-state index in [9.17, 15) is 4.79 Å². The van der Waals surface area contributed by atoms with Crippen molar-refractivity contribution >= 4 is 22.6 Å². The van der Waals surface area contributed by atoms with E-state index >= 15 is 0 Å². The summed E-state index contributed by atoms with van der Waals surface area (Å²) in [6, 6.07) is 9.64. The molecule has 0 aliphatic heterocycles. The van der Waals surface area contributed by atoms with Crippen LogP contribution in [0.25, 0.3) is 5.03 Å². The maximum absolute atomic E-state index is 10.4. The van der Waals surface area contributed by atoms with Crippen molar-refractivity contribution in [1.82, 2.24) is 0 Å². The van der Waals surface area contributed by atoms with Gasteiger partial charge in [-0.3, -0.25) is 0 Å². The molecule has 0 amide bonds. The van der Waals surface area contributed by atoms with Gasteiger partial charge in [-0.2, -0.15) is 0 Å². The van der Waals surface area contributed by atoms with Gasteiger partial charge in [-0.25, -0.2) is 4.79 Å². The van der Waals surface area contributed by atoms with E-state index < -0.39 is 5.97 Å². The van der Waals surface area contributed by atoms with Gasteiger partial charge >= 0.3 is 5.97 Å². The molecule has 0 aromatic heterocycles. The number of aliphatic carboxylic acids is 1. The third-order valence-corrected chi connectivity index (χ3v) is 2.82. The van der Waals surface area contributed by atoms with E-state index in [0.717, 1.165) is 22.8 Å². The second kappa shape index (κ2) is 6.82. The molecule has 0 saturated carbocycles. The van der Waals surface area contributed by atoms with Gasteiger partial charge in [0.1, 0.15) is 0 Å². The summed E-state index contributed by atoms with van der Waals surface area (Å²) in [5.41, 5.74) is 2.68. The molecule has 1 aromatic rings. The summed E-state index contributed by atoms with van der Waals surface area (Å²) in [5, 5.41) is 9.20. The highest BCUT2D eigenvalue weighted by molar-refractivity contribution is 6.49. The number of carboxylic acid groups (broad SMARTS) is 1. The molecule has 0 aliphatic carbocycles. The van der Waals surface area contributed by atoms with Crippen LogP contribution in [0.1, 0.15) is 19.4 Å². The Labute approximate surface area is 112 Å². The van der Waals surface area contributed by atoms with Crippen molar-refractivity contribution in [2.45, 2.75) is 13.8 Å². The highest BCUT2D eigenvalue weighted by Crippen LogP contribution is 2.24. The fourth-order valence-electron chi connectivity index (χ4n) is 1.47. The van der Waals surface area contributed by atoms with E-state index in [2.05, 4.69) is 0 Å². The summed E-state index contributed by atoms with van der Waals surface area (Å²) in [6.07, 6.45) is 4.51. The first-order valence-corrected chi connectivity index (χ1v) is 5.89. The summed E-state index contributed by atoms with van der Waals surface area (Å²) in [4.78, 5) is 10.4. The summed E-state index contributed by atoms with van der Waals surface area (Å²) in [7, 11) is 0. The van der Waals surface area contributed by atoms with Crippen molar-refractivity contribution in [1.29, 1.82) is 0 Å². The molecule has 1 rings (SSSR count).